The maximum Gasteiger partial charge on any atom is 0.315 e. The van der Waals surface area contributed by atoms with Gasteiger partial charge in [-0.3, -0.25) is 0 Å². The van der Waals surface area contributed by atoms with Gasteiger partial charge in [0.1, 0.15) is 11.3 Å². The fourth-order valence-corrected chi connectivity index (χ4v) is 4.53. The van der Waals surface area contributed by atoms with E-state index in [1.54, 1.807) is 6.08 Å². The molecule has 1 heterocycles. The lowest BCUT2D eigenvalue weighted by atomic mass is 9.63. The Kier molecular flexibility index (Phi) is 5.38. The normalized spacial score (nSPS) is 24.2. The Morgan fingerprint density at radius 3 is 2.78 bits per heavy atom. The van der Waals surface area contributed by atoms with Crippen molar-refractivity contribution in [2.75, 3.05) is 6.54 Å². The van der Waals surface area contributed by atoms with Crippen LogP contribution in [0.1, 0.15) is 45.8 Å². The number of carbonyl (C=O) groups is 1. The average Bonchev–Trinajstić information content (AvgIpc) is 3.00. The van der Waals surface area contributed by atoms with Crippen molar-refractivity contribution in [1.82, 2.24) is 10.6 Å². The van der Waals surface area contributed by atoms with Crippen LogP contribution in [0, 0.1) is 10.8 Å². The quantitative estimate of drug-likeness (QED) is 0.613. The van der Waals surface area contributed by atoms with E-state index >= 15 is 0 Å². The number of benzene rings is 1. The fourth-order valence-electron chi connectivity index (χ4n) is 4.53. The maximum atomic E-state index is 12.2. The molecule has 2 unspecified atom stereocenters. The summed E-state index contributed by atoms with van der Waals surface area (Å²) in [5.41, 5.74) is 0.780. The van der Waals surface area contributed by atoms with Gasteiger partial charge in [0.2, 0.25) is 6.08 Å². The summed E-state index contributed by atoms with van der Waals surface area (Å²) in [6, 6.07) is 9.43. The molecule has 1 aromatic heterocycles. The van der Waals surface area contributed by atoms with Crippen LogP contribution in [-0.2, 0) is 11.3 Å². The number of rotatable bonds is 5. The molecule has 6 nitrogen and oxygen atoms in total. The van der Waals surface area contributed by atoms with Gasteiger partial charge in [0.05, 0.1) is 12.6 Å². The lowest BCUT2D eigenvalue weighted by Gasteiger charge is -2.45. The highest BCUT2D eigenvalue weighted by molar-refractivity contribution is 5.78. The SMILES string of the molecule is CC1(C)CC(N=C=O)CC(C)(CNC(=O)NCc2cc3ccccc3o2)C1. The number of hydrogen-bond acceptors (Lipinski definition) is 4. The molecule has 1 aromatic carbocycles. The average molecular weight is 369 g/mol. The largest absolute Gasteiger partial charge is 0.459 e. The Bertz CT molecular complexity index is 833. The first-order valence-corrected chi connectivity index (χ1v) is 9.35. The van der Waals surface area contributed by atoms with Crippen molar-refractivity contribution in [3.63, 3.8) is 0 Å². The number of nitrogens with one attached hydrogen (secondary N) is 2. The van der Waals surface area contributed by atoms with E-state index < -0.39 is 0 Å². The van der Waals surface area contributed by atoms with Gasteiger partial charge in [-0.25, -0.2) is 14.6 Å². The molecule has 1 fully saturated rings. The number of isocyanates is 1. The van der Waals surface area contributed by atoms with Gasteiger partial charge >= 0.3 is 6.03 Å². The van der Waals surface area contributed by atoms with E-state index in [4.69, 9.17) is 4.42 Å². The van der Waals surface area contributed by atoms with Crippen molar-refractivity contribution in [3.8, 4) is 0 Å². The highest BCUT2D eigenvalue weighted by atomic mass is 16.3. The molecule has 144 valence electrons. The summed E-state index contributed by atoms with van der Waals surface area (Å²) >= 11 is 0. The third kappa shape index (κ3) is 4.98. The van der Waals surface area contributed by atoms with Crippen LogP contribution in [0.3, 0.4) is 0 Å². The predicted octanol–water partition coefficient (Wildman–Crippen LogP) is 4.15. The van der Waals surface area contributed by atoms with Crippen LogP contribution in [-0.4, -0.2) is 24.7 Å². The maximum absolute atomic E-state index is 12.2. The molecule has 0 aliphatic heterocycles. The zero-order chi connectivity index (χ0) is 19.5. The topological polar surface area (TPSA) is 83.7 Å². The summed E-state index contributed by atoms with van der Waals surface area (Å²) in [4.78, 5) is 26.9. The molecule has 0 spiro atoms. The molecule has 3 rings (SSSR count). The Balaban J connectivity index is 1.53. The van der Waals surface area contributed by atoms with Crippen LogP contribution in [0.2, 0.25) is 0 Å². The molecule has 2 amide bonds. The van der Waals surface area contributed by atoms with Gasteiger partial charge in [-0.15, -0.1) is 0 Å². The van der Waals surface area contributed by atoms with Gasteiger partial charge in [0, 0.05) is 11.9 Å². The fraction of sp³-hybridized carbons (Fsp3) is 0.524. The monoisotopic (exact) mass is 369 g/mol. The van der Waals surface area contributed by atoms with Crippen LogP contribution in [0.15, 0.2) is 39.7 Å². The Morgan fingerprint density at radius 1 is 1.26 bits per heavy atom. The minimum atomic E-state index is -0.226. The molecular formula is C21H27N3O3. The highest BCUT2D eigenvalue weighted by Gasteiger charge is 2.41. The molecule has 1 aliphatic carbocycles. The number of carbonyl (C=O) groups excluding carboxylic acids is 2. The summed E-state index contributed by atoms with van der Waals surface area (Å²) in [6.45, 7) is 7.37. The van der Waals surface area contributed by atoms with Crippen LogP contribution in [0.4, 0.5) is 4.79 Å². The van der Waals surface area contributed by atoms with Gasteiger partial charge in [0.25, 0.3) is 0 Å². The van der Waals surface area contributed by atoms with E-state index in [1.165, 1.54) is 0 Å². The van der Waals surface area contributed by atoms with E-state index in [9.17, 15) is 9.59 Å². The number of furan rings is 1. The van der Waals surface area contributed by atoms with Gasteiger partial charge < -0.3 is 15.1 Å². The molecule has 0 radical (unpaired) electrons. The molecular weight excluding hydrogens is 342 g/mol. The van der Waals surface area contributed by atoms with Gasteiger partial charge in [0.15, 0.2) is 0 Å². The van der Waals surface area contributed by atoms with Crippen LogP contribution >= 0.6 is 0 Å². The van der Waals surface area contributed by atoms with E-state index in [0.29, 0.717) is 13.1 Å². The Hall–Kier alpha value is -2.59. The molecule has 2 atom stereocenters. The number of hydrogen-bond donors (Lipinski definition) is 2. The van der Waals surface area contributed by atoms with Crippen LogP contribution in [0.25, 0.3) is 11.0 Å². The number of para-hydroxylation sites is 1. The second kappa shape index (κ2) is 7.57. The molecule has 6 heteroatoms. The first kappa shape index (κ1) is 19.2. The molecule has 0 saturated heterocycles. The van der Waals surface area contributed by atoms with Crippen LogP contribution < -0.4 is 10.6 Å². The lowest BCUT2D eigenvalue weighted by molar-refractivity contribution is 0.0850. The van der Waals surface area contributed by atoms with Crippen molar-refractivity contribution < 1.29 is 14.0 Å². The molecule has 2 N–H and O–H groups in total. The third-order valence-corrected chi connectivity index (χ3v) is 5.23. The lowest BCUT2D eigenvalue weighted by Crippen LogP contribution is -2.46. The first-order valence-electron chi connectivity index (χ1n) is 9.35. The smallest absolute Gasteiger partial charge is 0.315 e. The number of fused-ring (bicyclic) bond motifs is 1. The third-order valence-electron chi connectivity index (χ3n) is 5.23. The number of aliphatic imine (C=N–C) groups is 1. The van der Waals surface area contributed by atoms with Crippen molar-refractivity contribution in [2.24, 2.45) is 15.8 Å². The van der Waals surface area contributed by atoms with Gasteiger partial charge in [-0.1, -0.05) is 39.0 Å². The predicted molar refractivity (Wildman–Crippen MR) is 104 cm³/mol. The van der Waals surface area contributed by atoms with Crippen molar-refractivity contribution in [2.45, 2.75) is 52.6 Å². The molecule has 1 aliphatic rings. The van der Waals surface area contributed by atoms with E-state index in [1.807, 2.05) is 30.3 Å². The Morgan fingerprint density at radius 2 is 2.04 bits per heavy atom. The van der Waals surface area contributed by atoms with Crippen LogP contribution in [0.5, 0.6) is 0 Å². The first-order chi connectivity index (χ1) is 12.8. The minimum absolute atomic E-state index is 0.0309. The summed E-state index contributed by atoms with van der Waals surface area (Å²) in [6.07, 6.45) is 4.30. The zero-order valence-corrected chi connectivity index (χ0v) is 16.2. The standard InChI is InChI=1S/C21H27N3O3/c1-20(2)9-16(24-14-25)10-21(3,12-20)13-23-19(26)22-11-17-8-15-6-4-5-7-18(15)27-17/h4-8,16H,9-13H2,1-3H3,(H2,22,23,26). The molecule has 0 bridgehead atoms. The van der Waals surface area contributed by atoms with Gasteiger partial charge in [-0.2, -0.15) is 0 Å². The minimum Gasteiger partial charge on any atom is -0.459 e. The van der Waals surface area contributed by atoms with Crippen molar-refractivity contribution in [1.29, 1.82) is 0 Å². The second-order valence-electron chi connectivity index (χ2n) is 8.72. The number of urea groups is 1. The van der Waals surface area contributed by atoms with E-state index in [2.05, 4.69) is 36.4 Å². The summed E-state index contributed by atoms with van der Waals surface area (Å²) < 4.78 is 5.71. The van der Waals surface area contributed by atoms with E-state index in [-0.39, 0.29) is 22.9 Å². The Labute approximate surface area is 159 Å². The van der Waals surface area contributed by atoms with E-state index in [0.717, 1.165) is 36.0 Å². The summed E-state index contributed by atoms with van der Waals surface area (Å²) in [5, 5.41) is 6.83. The van der Waals surface area contributed by atoms with Gasteiger partial charge in [-0.05, 0) is 42.2 Å². The second-order valence-corrected chi connectivity index (χ2v) is 8.72. The number of amides is 2. The molecule has 27 heavy (non-hydrogen) atoms. The number of nitrogens with zero attached hydrogens (tertiary/aromatic N) is 1. The van der Waals surface area contributed by atoms with Crippen molar-refractivity contribution in [3.05, 3.63) is 36.1 Å². The highest BCUT2D eigenvalue weighted by Crippen LogP contribution is 2.46. The summed E-state index contributed by atoms with van der Waals surface area (Å²) in [7, 11) is 0. The van der Waals surface area contributed by atoms with Crippen molar-refractivity contribution >= 4 is 23.1 Å². The summed E-state index contributed by atoms with van der Waals surface area (Å²) in [5.74, 6) is 0.719. The zero-order valence-electron chi connectivity index (χ0n) is 16.2. The molecule has 1 saturated carbocycles. The molecule has 2 aromatic rings.